The molecule has 3 N–H and O–H groups in total. The number of piperidine rings is 1. The zero-order valence-electron chi connectivity index (χ0n) is 25.0. The van der Waals surface area contributed by atoms with Gasteiger partial charge < -0.3 is 30.3 Å². The largest absolute Gasteiger partial charge is 0.370 e. The highest BCUT2D eigenvalue weighted by Crippen LogP contribution is 2.38. The van der Waals surface area contributed by atoms with E-state index in [0.717, 1.165) is 64.0 Å². The highest BCUT2D eigenvalue weighted by Gasteiger charge is 2.28. The first kappa shape index (κ1) is 30.7. The number of nitrogens with zero attached hydrogens (tertiary/aromatic N) is 5. The summed E-state index contributed by atoms with van der Waals surface area (Å²) >= 11 is 0. The summed E-state index contributed by atoms with van der Waals surface area (Å²) in [5, 5.41) is 9.66. The number of anilines is 6. The molecule has 228 valence electrons. The lowest BCUT2D eigenvalue weighted by Gasteiger charge is -2.43. The van der Waals surface area contributed by atoms with E-state index in [4.69, 9.17) is 0 Å². The molecule has 5 rings (SSSR count). The smallest absolute Gasteiger partial charge is 0.247 e. The molecule has 43 heavy (non-hydrogen) atoms. The van der Waals surface area contributed by atoms with Gasteiger partial charge >= 0.3 is 0 Å². The molecule has 1 amide bonds. The Balaban J connectivity index is 1.33. The Hall–Kier alpha value is -3.79. The van der Waals surface area contributed by atoms with Gasteiger partial charge in [-0.05, 0) is 69.6 Å². The maximum absolute atomic E-state index is 14.7. The van der Waals surface area contributed by atoms with Crippen molar-refractivity contribution in [3.63, 3.8) is 0 Å². The minimum Gasteiger partial charge on any atom is -0.370 e. The van der Waals surface area contributed by atoms with Crippen molar-refractivity contribution in [2.45, 2.75) is 18.9 Å². The van der Waals surface area contributed by atoms with Crippen LogP contribution in [0.5, 0.6) is 0 Å². The zero-order chi connectivity index (χ0) is 30.6. The molecule has 0 atom stereocenters. The number of carbonyl (C=O) groups is 1. The van der Waals surface area contributed by atoms with Crippen molar-refractivity contribution >= 4 is 52.9 Å². The summed E-state index contributed by atoms with van der Waals surface area (Å²) in [5.41, 5.74) is 2.72. The van der Waals surface area contributed by atoms with Gasteiger partial charge in [0.2, 0.25) is 11.9 Å². The molecule has 2 fully saturated rings. The Morgan fingerprint density at radius 1 is 1.02 bits per heavy atom. The van der Waals surface area contributed by atoms with E-state index in [1.54, 1.807) is 37.6 Å². The fourth-order valence-electron chi connectivity index (χ4n) is 5.65. The maximum atomic E-state index is 14.7. The van der Waals surface area contributed by atoms with Crippen molar-refractivity contribution in [2.24, 2.45) is 0 Å². The lowest BCUT2D eigenvalue weighted by Crippen LogP contribution is -2.52. The third-order valence-corrected chi connectivity index (χ3v) is 9.59. The number of nitrogens with one attached hydrogen (secondary N) is 3. The van der Waals surface area contributed by atoms with Crippen molar-refractivity contribution in [1.29, 1.82) is 0 Å². The lowest BCUT2D eigenvalue weighted by molar-refractivity contribution is -0.111. The minimum absolute atomic E-state index is 0.0431. The first-order valence-corrected chi connectivity index (χ1v) is 17.2. The van der Waals surface area contributed by atoms with Gasteiger partial charge in [0.25, 0.3) is 0 Å². The molecule has 12 heteroatoms. The van der Waals surface area contributed by atoms with Crippen molar-refractivity contribution in [3.8, 4) is 0 Å². The van der Waals surface area contributed by atoms with Gasteiger partial charge in [-0.25, -0.2) is 9.37 Å². The average Bonchev–Trinajstić information content (AvgIpc) is 2.99. The number of amides is 1. The zero-order valence-corrected chi connectivity index (χ0v) is 25.9. The normalized spacial score (nSPS) is 17.0. The summed E-state index contributed by atoms with van der Waals surface area (Å²) in [6.07, 6.45) is 4.45. The van der Waals surface area contributed by atoms with Crippen LogP contribution in [0.1, 0.15) is 12.8 Å². The predicted molar refractivity (Wildman–Crippen MR) is 174 cm³/mol. The molecule has 2 aliphatic rings. The molecule has 0 bridgehead atoms. The standard InChI is InChI=1S/C31H40FN8O2P/c1-5-29(41)35-26-20-22(10-11-27(26)40-14-12-23(13-15-40)39-18-16-38(2)17-19-39)34-31-33-21-24(32)30(37-31)36-25-8-6-7-9-28(25)43(3,4)42/h5-11,20-21,23H,1,12-19H2,2-4H3,(H,35,41)(H2,33,34,36,37). The number of piperazine rings is 1. The Morgan fingerprint density at radius 3 is 2.44 bits per heavy atom. The van der Waals surface area contributed by atoms with E-state index < -0.39 is 13.0 Å². The van der Waals surface area contributed by atoms with E-state index in [1.165, 1.54) is 6.08 Å². The molecule has 2 aromatic carbocycles. The van der Waals surface area contributed by atoms with Crippen LogP contribution in [0.2, 0.25) is 0 Å². The van der Waals surface area contributed by atoms with Crippen molar-refractivity contribution in [1.82, 2.24) is 19.8 Å². The number of rotatable bonds is 9. The van der Waals surface area contributed by atoms with Crippen LogP contribution in [0.3, 0.4) is 0 Å². The molecule has 2 aliphatic heterocycles. The third kappa shape index (κ3) is 7.60. The van der Waals surface area contributed by atoms with Crippen molar-refractivity contribution in [3.05, 3.63) is 67.1 Å². The molecular formula is C31H40FN8O2P. The number of hydrogen-bond acceptors (Lipinski definition) is 9. The van der Waals surface area contributed by atoms with Gasteiger partial charge in [-0.15, -0.1) is 0 Å². The number of hydrogen-bond donors (Lipinski definition) is 3. The van der Waals surface area contributed by atoms with Crippen LogP contribution in [-0.2, 0) is 9.36 Å². The molecular weight excluding hydrogens is 566 g/mol. The molecule has 0 spiro atoms. The first-order chi connectivity index (χ1) is 20.6. The molecule has 1 aromatic heterocycles. The van der Waals surface area contributed by atoms with E-state index in [2.05, 4.69) is 54.2 Å². The number of para-hydroxylation sites is 1. The van der Waals surface area contributed by atoms with E-state index in [0.29, 0.717) is 28.4 Å². The van der Waals surface area contributed by atoms with Crippen molar-refractivity contribution < 1.29 is 13.8 Å². The molecule has 3 aromatic rings. The molecule has 10 nitrogen and oxygen atoms in total. The number of aromatic nitrogens is 2. The van der Waals surface area contributed by atoms with Crippen LogP contribution < -0.4 is 26.2 Å². The molecule has 3 heterocycles. The second-order valence-electron chi connectivity index (χ2n) is 11.5. The number of benzene rings is 2. The quantitative estimate of drug-likeness (QED) is 0.236. The fraction of sp³-hybridized carbons (Fsp3) is 0.387. The lowest BCUT2D eigenvalue weighted by atomic mass is 10.0. The Kier molecular flexibility index (Phi) is 9.44. The summed E-state index contributed by atoms with van der Waals surface area (Å²) in [4.78, 5) is 28.1. The number of likely N-dealkylation sites (N-methyl/N-ethyl adjacent to an activating group) is 1. The van der Waals surface area contributed by atoms with Gasteiger partial charge in [0.15, 0.2) is 11.6 Å². The summed E-state index contributed by atoms with van der Waals surface area (Å²) in [6.45, 7) is 13.1. The fourth-order valence-corrected chi connectivity index (χ4v) is 6.81. The molecule has 0 unspecified atom stereocenters. The second-order valence-corrected chi connectivity index (χ2v) is 14.7. The summed E-state index contributed by atoms with van der Waals surface area (Å²) in [5.74, 6) is -0.826. The van der Waals surface area contributed by atoms with Crippen LogP contribution in [0, 0.1) is 5.82 Å². The molecule has 0 radical (unpaired) electrons. The van der Waals surface area contributed by atoms with E-state index >= 15 is 0 Å². The average molecular weight is 607 g/mol. The summed E-state index contributed by atoms with van der Waals surface area (Å²) < 4.78 is 27.5. The SMILES string of the molecule is C=CC(=O)Nc1cc(Nc2ncc(F)c(Nc3ccccc3P(C)(C)=O)n2)ccc1N1CCC(N2CCN(C)CC2)CC1. The topological polar surface area (TPSA) is 106 Å². The highest BCUT2D eigenvalue weighted by molar-refractivity contribution is 7.70. The number of carbonyl (C=O) groups excluding carboxylic acids is 1. The van der Waals surface area contributed by atoms with E-state index in [9.17, 15) is 13.8 Å². The van der Waals surface area contributed by atoms with E-state index in [1.807, 2.05) is 18.2 Å². The van der Waals surface area contributed by atoms with Gasteiger partial charge in [0.05, 0.1) is 23.3 Å². The van der Waals surface area contributed by atoms with Gasteiger partial charge in [0.1, 0.15) is 7.14 Å². The van der Waals surface area contributed by atoms with Gasteiger partial charge in [0, 0.05) is 56.3 Å². The Bertz CT molecular complexity index is 1510. The van der Waals surface area contributed by atoms with Gasteiger partial charge in [-0.3, -0.25) is 9.69 Å². The van der Waals surface area contributed by atoms with Gasteiger partial charge in [-0.2, -0.15) is 4.98 Å². The van der Waals surface area contributed by atoms with Crippen LogP contribution >= 0.6 is 7.14 Å². The van der Waals surface area contributed by atoms with Crippen LogP contribution in [-0.4, -0.2) is 91.4 Å². The number of halogens is 1. The van der Waals surface area contributed by atoms with Crippen LogP contribution in [0.25, 0.3) is 0 Å². The van der Waals surface area contributed by atoms with Gasteiger partial charge in [-0.1, -0.05) is 18.7 Å². The second kappa shape index (κ2) is 13.2. The molecule has 0 saturated carbocycles. The first-order valence-electron chi connectivity index (χ1n) is 14.6. The molecule has 0 aliphatic carbocycles. The Morgan fingerprint density at radius 2 is 1.74 bits per heavy atom. The summed E-state index contributed by atoms with van der Waals surface area (Å²) in [6, 6.07) is 13.3. The summed E-state index contributed by atoms with van der Waals surface area (Å²) in [7, 11) is -0.444. The predicted octanol–water partition coefficient (Wildman–Crippen LogP) is 4.69. The molecule has 2 saturated heterocycles. The van der Waals surface area contributed by atoms with Crippen LogP contribution in [0.4, 0.5) is 38.9 Å². The van der Waals surface area contributed by atoms with Crippen LogP contribution in [0.15, 0.2) is 61.3 Å². The third-order valence-electron chi connectivity index (χ3n) is 8.04. The van der Waals surface area contributed by atoms with Crippen molar-refractivity contribution in [2.75, 3.05) is 80.5 Å². The monoisotopic (exact) mass is 606 g/mol. The van der Waals surface area contributed by atoms with E-state index in [-0.39, 0.29) is 17.7 Å². The maximum Gasteiger partial charge on any atom is 0.247 e. The highest BCUT2D eigenvalue weighted by atomic mass is 31.2. The minimum atomic E-state index is -2.62. The Labute approximate surface area is 252 Å².